The molecule has 1 atom stereocenters. The molecule has 2 aromatic rings. The average molecular weight is 400 g/mol. The summed E-state index contributed by atoms with van der Waals surface area (Å²) in [4.78, 5) is 29.3. The summed E-state index contributed by atoms with van der Waals surface area (Å²) < 4.78 is 24.7. The van der Waals surface area contributed by atoms with E-state index in [4.69, 9.17) is 9.15 Å². The van der Waals surface area contributed by atoms with Crippen molar-refractivity contribution in [2.75, 3.05) is 26.2 Å². The molecule has 1 aromatic carbocycles. The van der Waals surface area contributed by atoms with E-state index >= 15 is 0 Å². The van der Waals surface area contributed by atoms with Crippen molar-refractivity contribution < 1.29 is 23.1 Å². The minimum absolute atomic E-state index is 0.140. The summed E-state index contributed by atoms with van der Waals surface area (Å²) >= 11 is 0. The van der Waals surface area contributed by atoms with E-state index in [-0.39, 0.29) is 24.0 Å². The van der Waals surface area contributed by atoms with Gasteiger partial charge in [-0.1, -0.05) is 18.9 Å². The molecule has 2 heterocycles. The third-order valence-electron chi connectivity index (χ3n) is 5.66. The number of carbonyl (C=O) groups is 2. The number of hydrogen-bond acceptors (Lipinski definition) is 4. The summed E-state index contributed by atoms with van der Waals surface area (Å²) in [6.45, 7) is 1.60. The summed E-state index contributed by atoms with van der Waals surface area (Å²) in [5.41, 5.74) is 0.324. The minimum Gasteiger partial charge on any atom is -0.459 e. The van der Waals surface area contributed by atoms with Crippen LogP contribution in [-0.4, -0.2) is 60.0 Å². The van der Waals surface area contributed by atoms with Crippen molar-refractivity contribution in [3.05, 3.63) is 59.8 Å². The van der Waals surface area contributed by atoms with Crippen LogP contribution in [0, 0.1) is 5.82 Å². The van der Waals surface area contributed by atoms with Crippen LogP contribution in [0.5, 0.6) is 0 Å². The van der Waals surface area contributed by atoms with Gasteiger partial charge in [-0.3, -0.25) is 9.59 Å². The van der Waals surface area contributed by atoms with E-state index in [1.807, 2.05) is 4.90 Å². The number of rotatable bonds is 5. The van der Waals surface area contributed by atoms with Crippen molar-refractivity contribution in [2.45, 2.75) is 37.8 Å². The lowest BCUT2D eigenvalue weighted by molar-refractivity contribution is -0.0374. The average Bonchev–Trinajstić information content (AvgIpc) is 3.45. The topological polar surface area (TPSA) is 63.0 Å². The fraction of sp³-hybridized carbons (Fsp3) is 0.455. The third-order valence-corrected chi connectivity index (χ3v) is 5.66. The molecular weight excluding hydrogens is 375 g/mol. The van der Waals surface area contributed by atoms with Gasteiger partial charge in [0, 0.05) is 31.2 Å². The highest BCUT2D eigenvalue weighted by Crippen LogP contribution is 2.26. The van der Waals surface area contributed by atoms with E-state index in [0.29, 0.717) is 37.6 Å². The zero-order valence-electron chi connectivity index (χ0n) is 16.3. The second-order valence-electron chi connectivity index (χ2n) is 7.63. The SMILES string of the molecule is O=C(c1cccc(F)c1)N1CCO[C@@H](CN(C(=O)c2ccco2)C2CCCC2)C1. The molecule has 2 fully saturated rings. The zero-order chi connectivity index (χ0) is 20.2. The maximum atomic E-state index is 13.5. The first-order valence-corrected chi connectivity index (χ1v) is 10.1. The fourth-order valence-electron chi connectivity index (χ4n) is 4.19. The quantitative estimate of drug-likeness (QED) is 0.772. The zero-order valence-corrected chi connectivity index (χ0v) is 16.3. The van der Waals surface area contributed by atoms with Crippen molar-refractivity contribution in [1.82, 2.24) is 9.80 Å². The highest BCUT2D eigenvalue weighted by molar-refractivity contribution is 5.94. The highest BCUT2D eigenvalue weighted by atomic mass is 19.1. The summed E-state index contributed by atoms with van der Waals surface area (Å²) in [7, 11) is 0. The van der Waals surface area contributed by atoms with Crippen molar-refractivity contribution in [3.8, 4) is 0 Å². The largest absolute Gasteiger partial charge is 0.459 e. The van der Waals surface area contributed by atoms with Crippen LogP contribution < -0.4 is 0 Å². The number of amides is 2. The first kappa shape index (κ1) is 19.6. The number of hydrogen-bond donors (Lipinski definition) is 0. The predicted molar refractivity (Wildman–Crippen MR) is 104 cm³/mol. The van der Waals surface area contributed by atoms with Gasteiger partial charge >= 0.3 is 0 Å². The minimum atomic E-state index is -0.433. The van der Waals surface area contributed by atoms with Gasteiger partial charge < -0.3 is 19.0 Å². The van der Waals surface area contributed by atoms with E-state index < -0.39 is 5.82 Å². The van der Waals surface area contributed by atoms with E-state index in [0.717, 1.165) is 25.7 Å². The van der Waals surface area contributed by atoms with Gasteiger partial charge in [0.2, 0.25) is 0 Å². The lowest BCUT2D eigenvalue weighted by Gasteiger charge is -2.37. The van der Waals surface area contributed by atoms with E-state index in [1.54, 1.807) is 23.1 Å². The van der Waals surface area contributed by atoms with Crippen molar-refractivity contribution in [3.63, 3.8) is 0 Å². The Morgan fingerprint density at radius 3 is 2.72 bits per heavy atom. The van der Waals surface area contributed by atoms with Crippen LogP contribution in [0.25, 0.3) is 0 Å². The van der Waals surface area contributed by atoms with Crippen LogP contribution in [0.4, 0.5) is 4.39 Å². The molecule has 0 radical (unpaired) electrons. The third kappa shape index (κ3) is 4.50. The Morgan fingerprint density at radius 2 is 2.00 bits per heavy atom. The Labute approximate surface area is 169 Å². The number of carbonyl (C=O) groups excluding carboxylic acids is 2. The molecule has 0 bridgehead atoms. The second-order valence-corrected chi connectivity index (χ2v) is 7.63. The van der Waals surface area contributed by atoms with Gasteiger partial charge in [-0.25, -0.2) is 4.39 Å². The number of furan rings is 1. The summed E-state index contributed by atoms with van der Waals surface area (Å²) in [5.74, 6) is -0.473. The Balaban J connectivity index is 1.46. The molecule has 1 aliphatic heterocycles. The van der Waals surface area contributed by atoms with E-state index in [1.165, 1.54) is 24.5 Å². The molecule has 0 N–H and O–H groups in total. The molecule has 0 unspecified atom stereocenters. The smallest absolute Gasteiger partial charge is 0.289 e. The van der Waals surface area contributed by atoms with Crippen LogP contribution in [0.1, 0.15) is 46.6 Å². The van der Waals surface area contributed by atoms with Gasteiger partial charge in [-0.2, -0.15) is 0 Å². The van der Waals surface area contributed by atoms with Gasteiger partial charge in [0.15, 0.2) is 5.76 Å². The van der Waals surface area contributed by atoms with Gasteiger partial charge in [-0.05, 0) is 43.2 Å². The Bertz CT molecular complexity index is 848. The van der Waals surface area contributed by atoms with Crippen LogP contribution in [0.3, 0.4) is 0 Å². The summed E-state index contributed by atoms with van der Waals surface area (Å²) in [6, 6.07) is 9.25. The maximum Gasteiger partial charge on any atom is 0.289 e. The summed E-state index contributed by atoms with van der Waals surface area (Å²) in [5, 5.41) is 0. The van der Waals surface area contributed by atoms with E-state index in [9.17, 15) is 14.0 Å². The van der Waals surface area contributed by atoms with Crippen LogP contribution in [0.15, 0.2) is 47.1 Å². The lowest BCUT2D eigenvalue weighted by atomic mass is 10.1. The molecule has 7 heteroatoms. The van der Waals surface area contributed by atoms with Crippen LogP contribution >= 0.6 is 0 Å². The number of benzene rings is 1. The number of nitrogens with zero attached hydrogens (tertiary/aromatic N) is 2. The lowest BCUT2D eigenvalue weighted by Crippen LogP contribution is -2.52. The first-order valence-electron chi connectivity index (χ1n) is 10.1. The normalized spacial score (nSPS) is 20.0. The molecule has 1 saturated carbocycles. The molecule has 1 aliphatic carbocycles. The monoisotopic (exact) mass is 400 g/mol. The molecule has 1 aromatic heterocycles. The van der Waals surface area contributed by atoms with Gasteiger partial charge in [0.25, 0.3) is 11.8 Å². The number of morpholine rings is 1. The van der Waals surface area contributed by atoms with Crippen molar-refractivity contribution in [2.24, 2.45) is 0 Å². The van der Waals surface area contributed by atoms with Crippen molar-refractivity contribution >= 4 is 11.8 Å². The Morgan fingerprint density at radius 1 is 1.17 bits per heavy atom. The highest BCUT2D eigenvalue weighted by Gasteiger charge is 2.33. The number of halogens is 1. The molecule has 4 rings (SSSR count). The Kier molecular flexibility index (Phi) is 5.94. The maximum absolute atomic E-state index is 13.5. The Hall–Kier alpha value is -2.67. The van der Waals surface area contributed by atoms with Gasteiger partial charge in [0.05, 0.1) is 19.0 Å². The molecule has 1 saturated heterocycles. The molecule has 6 nitrogen and oxygen atoms in total. The van der Waals surface area contributed by atoms with Crippen LogP contribution in [0.2, 0.25) is 0 Å². The predicted octanol–water partition coefficient (Wildman–Crippen LogP) is 3.34. The molecule has 2 aliphatic rings. The van der Waals surface area contributed by atoms with E-state index in [2.05, 4.69) is 0 Å². The van der Waals surface area contributed by atoms with Crippen molar-refractivity contribution in [1.29, 1.82) is 0 Å². The van der Waals surface area contributed by atoms with Gasteiger partial charge in [-0.15, -0.1) is 0 Å². The molecule has 0 spiro atoms. The molecule has 2 amide bonds. The molecule has 154 valence electrons. The van der Waals surface area contributed by atoms with Gasteiger partial charge in [0.1, 0.15) is 5.82 Å². The second kappa shape index (κ2) is 8.78. The fourth-order valence-corrected chi connectivity index (χ4v) is 4.19. The van der Waals surface area contributed by atoms with Crippen LogP contribution in [-0.2, 0) is 4.74 Å². The first-order chi connectivity index (χ1) is 14.1. The molecular formula is C22H25FN2O4. The number of ether oxygens (including phenoxy) is 1. The molecule has 29 heavy (non-hydrogen) atoms. The standard InChI is InChI=1S/C22H25FN2O4/c23-17-6-3-5-16(13-17)21(26)24-10-12-28-19(14-24)15-25(18-7-1-2-8-18)22(27)20-9-4-11-29-20/h3-6,9,11,13,18-19H,1-2,7-8,10,12,14-15H2/t19-/m1/s1. The summed E-state index contributed by atoms with van der Waals surface area (Å²) in [6.07, 6.45) is 5.33.